The van der Waals surface area contributed by atoms with Crippen molar-refractivity contribution in [3.63, 3.8) is 0 Å². The van der Waals surface area contributed by atoms with E-state index in [0.29, 0.717) is 25.7 Å². The van der Waals surface area contributed by atoms with Gasteiger partial charge in [0.05, 0.1) is 0 Å². The largest absolute Gasteiger partial charge is 0.501 e. The summed E-state index contributed by atoms with van der Waals surface area (Å²) in [6, 6.07) is 12.2. The maximum atomic E-state index is 5.76. The molecule has 1 rings (SSSR count). The van der Waals surface area contributed by atoms with Crippen LogP contribution in [0, 0.1) is 5.92 Å². The molecule has 188 valence electrons. The fourth-order valence-electron chi connectivity index (χ4n) is 3.43. The van der Waals surface area contributed by atoms with Gasteiger partial charge in [-0.1, -0.05) is 66.0 Å². The molecule has 0 aromatic heterocycles. The van der Waals surface area contributed by atoms with Crippen LogP contribution in [0.4, 0.5) is 0 Å². The quantitative estimate of drug-likeness (QED) is 0.128. The summed E-state index contributed by atoms with van der Waals surface area (Å²) in [4.78, 5) is 0. The molecule has 5 nitrogen and oxygen atoms in total. The van der Waals surface area contributed by atoms with Crippen LogP contribution in [0.15, 0.2) is 30.3 Å². The molecule has 32 heavy (non-hydrogen) atoms. The molecule has 1 aromatic carbocycles. The second-order valence-corrected chi connectivity index (χ2v) is 14.5. The average molecular weight is 572 g/mol. The molecule has 1 unspecified atom stereocenters. The number of hydrogen-bond acceptors (Lipinski definition) is 5. The van der Waals surface area contributed by atoms with Gasteiger partial charge in [0, 0.05) is 51.3 Å². The number of unbranched alkanes of at least 4 members (excludes halogenated alkanes) is 2. The Labute approximate surface area is 212 Å². The molecule has 1 aromatic rings. The van der Waals surface area contributed by atoms with Gasteiger partial charge in [-0.3, -0.25) is 0 Å². The monoisotopic (exact) mass is 570 g/mol. The average Bonchev–Trinajstić information content (AvgIpc) is 2.81. The van der Waals surface area contributed by atoms with Crippen molar-refractivity contribution in [2.45, 2.75) is 59.0 Å². The minimum absolute atomic E-state index is 0.515. The van der Waals surface area contributed by atoms with Crippen LogP contribution < -0.4 is 5.19 Å². The molecule has 0 heterocycles. The van der Waals surface area contributed by atoms with Gasteiger partial charge in [0.1, 0.15) is 0 Å². The zero-order valence-electron chi connectivity index (χ0n) is 20.8. The lowest BCUT2D eigenvalue weighted by Crippen LogP contribution is -2.52. The Morgan fingerprint density at radius 2 is 1.41 bits per heavy atom. The Kier molecular flexibility index (Phi) is 19.7. The van der Waals surface area contributed by atoms with Crippen molar-refractivity contribution in [3.05, 3.63) is 30.3 Å². The first-order chi connectivity index (χ1) is 15.4. The summed E-state index contributed by atoms with van der Waals surface area (Å²) in [5.74, 6) is 1.25. The maximum absolute atomic E-state index is 5.76. The Bertz CT molecular complexity index is 535. The van der Waals surface area contributed by atoms with Gasteiger partial charge in [0.25, 0.3) is 0 Å². The van der Waals surface area contributed by atoms with Crippen LogP contribution in [0.5, 0.6) is 0 Å². The topological polar surface area (TPSA) is 46.2 Å². The number of halogens is 2. The molecule has 0 N–H and O–H groups in total. The second kappa shape index (κ2) is 19.5. The van der Waals surface area contributed by atoms with Crippen molar-refractivity contribution in [2.75, 3.05) is 45.3 Å². The molecule has 0 saturated heterocycles. The predicted molar refractivity (Wildman–Crippen MR) is 144 cm³/mol. The van der Waals surface area contributed by atoms with Crippen molar-refractivity contribution in [3.8, 4) is 0 Å². The van der Waals surface area contributed by atoms with Gasteiger partial charge in [-0.2, -0.15) is 0 Å². The SMILES string of the molecule is CCO[Si](CC(C)CBr)(OCC)OCC.CO[Si](CCCCCCl)(OC)c1ccccc1. The van der Waals surface area contributed by atoms with Gasteiger partial charge in [-0.25, -0.2) is 0 Å². The molecule has 0 radical (unpaired) electrons. The van der Waals surface area contributed by atoms with E-state index in [1.165, 1.54) is 5.19 Å². The van der Waals surface area contributed by atoms with E-state index in [0.717, 1.165) is 42.6 Å². The number of benzene rings is 1. The van der Waals surface area contributed by atoms with Gasteiger partial charge in [-0.05, 0) is 44.3 Å². The molecule has 0 spiro atoms. The fourth-order valence-corrected chi connectivity index (χ4v) is 9.94. The highest BCUT2D eigenvalue weighted by Crippen LogP contribution is 2.22. The number of alkyl halides is 2. The first kappa shape index (κ1) is 32.2. The number of rotatable bonds is 17. The van der Waals surface area contributed by atoms with E-state index >= 15 is 0 Å². The van der Waals surface area contributed by atoms with Crippen molar-refractivity contribution < 1.29 is 22.1 Å². The summed E-state index contributed by atoms with van der Waals surface area (Å²) >= 11 is 9.16. The molecule has 0 aliphatic heterocycles. The van der Waals surface area contributed by atoms with E-state index in [1.54, 1.807) is 14.2 Å². The van der Waals surface area contributed by atoms with E-state index in [4.69, 9.17) is 33.7 Å². The lowest BCUT2D eigenvalue weighted by molar-refractivity contribution is 0.0684. The number of hydrogen-bond donors (Lipinski definition) is 0. The zero-order valence-corrected chi connectivity index (χ0v) is 25.2. The van der Waals surface area contributed by atoms with Gasteiger partial charge in [0.2, 0.25) is 0 Å². The van der Waals surface area contributed by atoms with Crippen molar-refractivity contribution in [1.82, 2.24) is 0 Å². The van der Waals surface area contributed by atoms with Crippen LogP contribution in [-0.2, 0) is 22.1 Å². The molecule has 1 atom stereocenters. The second-order valence-electron chi connectivity index (χ2n) is 7.47. The van der Waals surface area contributed by atoms with Crippen molar-refractivity contribution >= 4 is 50.1 Å². The highest BCUT2D eigenvalue weighted by molar-refractivity contribution is 9.09. The van der Waals surface area contributed by atoms with E-state index in [9.17, 15) is 0 Å². The maximum Gasteiger partial charge on any atom is 0.501 e. The molecule has 0 aliphatic rings. The summed E-state index contributed by atoms with van der Waals surface area (Å²) in [6.07, 6.45) is 3.31. The van der Waals surface area contributed by atoms with E-state index < -0.39 is 17.4 Å². The third-order valence-corrected chi connectivity index (χ3v) is 13.3. The lowest BCUT2D eigenvalue weighted by atomic mass is 10.3. The summed E-state index contributed by atoms with van der Waals surface area (Å²) in [5.41, 5.74) is 0. The molecule has 0 fully saturated rings. The Hall–Kier alpha value is 0.224. The summed E-state index contributed by atoms with van der Waals surface area (Å²) in [6.45, 7) is 10.1. The third kappa shape index (κ3) is 12.1. The summed E-state index contributed by atoms with van der Waals surface area (Å²) < 4.78 is 28.7. The molecule has 0 saturated carbocycles. The van der Waals surface area contributed by atoms with Gasteiger partial charge >= 0.3 is 17.4 Å². The highest BCUT2D eigenvalue weighted by Gasteiger charge is 2.41. The van der Waals surface area contributed by atoms with Gasteiger partial charge < -0.3 is 22.1 Å². The van der Waals surface area contributed by atoms with Gasteiger partial charge in [-0.15, -0.1) is 11.6 Å². The van der Waals surface area contributed by atoms with Crippen LogP contribution in [-0.4, -0.2) is 62.6 Å². The van der Waals surface area contributed by atoms with Crippen molar-refractivity contribution in [2.24, 2.45) is 5.92 Å². The molecule has 0 amide bonds. The van der Waals surface area contributed by atoms with E-state index in [-0.39, 0.29) is 0 Å². The standard InChI is InChI=1S/C13H21ClO2Si.C10H23BrO3Si/c1-15-17(16-2,12-8-4-7-11-14)13-9-5-3-6-10-13;1-5-12-15(13-6-2,14-7-3)9-10(4)8-11/h3,5-6,9-10H,4,7-8,11-12H2,1-2H3;10H,5-9H2,1-4H3. The van der Waals surface area contributed by atoms with Gasteiger partial charge in [0.15, 0.2) is 0 Å². The first-order valence-corrected chi connectivity index (χ1v) is 17.2. The lowest BCUT2D eigenvalue weighted by Gasteiger charge is -2.30. The van der Waals surface area contributed by atoms with E-state index in [1.807, 2.05) is 39.0 Å². The normalized spacial score (nSPS) is 12.9. The smallest absolute Gasteiger partial charge is 0.394 e. The summed E-state index contributed by atoms with van der Waals surface area (Å²) in [5, 5.41) is 2.16. The van der Waals surface area contributed by atoms with Crippen LogP contribution in [0.1, 0.15) is 47.0 Å². The first-order valence-electron chi connectivity index (χ1n) is 11.6. The molecule has 9 heteroatoms. The Balaban J connectivity index is 0.000000607. The molecule has 0 bridgehead atoms. The zero-order chi connectivity index (χ0) is 24.3. The molecule has 0 aliphatic carbocycles. The van der Waals surface area contributed by atoms with E-state index in [2.05, 4.69) is 35.0 Å². The summed E-state index contributed by atoms with van der Waals surface area (Å²) in [7, 11) is -1.11. The fraction of sp³-hybridized carbons (Fsp3) is 0.739. The van der Waals surface area contributed by atoms with Crippen LogP contribution >= 0.6 is 27.5 Å². The third-order valence-electron chi connectivity index (χ3n) is 4.97. The minimum atomic E-state index is -2.41. The van der Waals surface area contributed by atoms with Crippen LogP contribution in [0.25, 0.3) is 0 Å². The van der Waals surface area contributed by atoms with Crippen LogP contribution in [0.2, 0.25) is 12.1 Å². The van der Waals surface area contributed by atoms with Crippen molar-refractivity contribution in [1.29, 1.82) is 0 Å². The molecular weight excluding hydrogens is 528 g/mol. The Morgan fingerprint density at radius 1 is 0.875 bits per heavy atom. The van der Waals surface area contributed by atoms with Crippen LogP contribution in [0.3, 0.4) is 0 Å². The Morgan fingerprint density at radius 3 is 1.81 bits per heavy atom. The molecular formula is C23H44BrClO5Si2. The highest BCUT2D eigenvalue weighted by atomic mass is 79.9. The minimum Gasteiger partial charge on any atom is -0.394 e. The predicted octanol–water partition coefficient (Wildman–Crippen LogP) is 6.10.